The summed E-state index contributed by atoms with van der Waals surface area (Å²) in [6.45, 7) is 0. The Morgan fingerprint density at radius 1 is 1.23 bits per heavy atom. The second kappa shape index (κ2) is 7.38. The second-order valence-electron chi connectivity index (χ2n) is 7.00. The van der Waals surface area contributed by atoms with Gasteiger partial charge in [0.1, 0.15) is 5.76 Å². The van der Waals surface area contributed by atoms with E-state index in [0.29, 0.717) is 40.8 Å². The molecule has 4 aromatic rings. The summed E-state index contributed by atoms with van der Waals surface area (Å²) in [5.74, 6) is 1.67. The number of thioether (sulfide) groups is 1. The van der Waals surface area contributed by atoms with Crippen LogP contribution in [0.3, 0.4) is 0 Å². The summed E-state index contributed by atoms with van der Waals surface area (Å²) < 4.78 is 6.98. The summed E-state index contributed by atoms with van der Waals surface area (Å²) in [7, 11) is 0. The molecule has 150 valence electrons. The molecule has 10 heteroatoms. The van der Waals surface area contributed by atoms with E-state index in [-0.39, 0.29) is 17.4 Å². The van der Waals surface area contributed by atoms with Crippen LogP contribution in [0.15, 0.2) is 58.4 Å². The number of carbonyl (C=O) groups is 1. The van der Waals surface area contributed by atoms with Crippen molar-refractivity contribution >= 4 is 29.0 Å². The molecule has 9 nitrogen and oxygen atoms in total. The number of hydrogen-bond acceptors (Lipinski definition) is 8. The first-order chi connectivity index (χ1) is 14.6. The number of nitro benzene ring substituents is 1. The third-order valence-corrected chi connectivity index (χ3v) is 5.91. The number of carbonyl (C=O) groups excluding carboxylic acids is 1. The minimum atomic E-state index is -0.418. The molecule has 0 radical (unpaired) electrons. The number of non-ortho nitro benzene ring substituents is 1. The first kappa shape index (κ1) is 18.5. The predicted octanol–water partition coefficient (Wildman–Crippen LogP) is 3.83. The summed E-state index contributed by atoms with van der Waals surface area (Å²) in [5.41, 5.74) is 2.11. The van der Waals surface area contributed by atoms with Crippen LogP contribution in [-0.2, 0) is 12.2 Å². The van der Waals surface area contributed by atoms with Crippen LogP contribution in [-0.4, -0.2) is 30.3 Å². The van der Waals surface area contributed by atoms with E-state index in [1.165, 1.54) is 28.4 Å². The van der Waals surface area contributed by atoms with Gasteiger partial charge in [-0.05, 0) is 17.7 Å². The summed E-state index contributed by atoms with van der Waals surface area (Å²) in [6, 6.07) is 10.2. The zero-order valence-corrected chi connectivity index (χ0v) is 16.4. The number of fused-ring (bicyclic) bond motifs is 2. The fraction of sp³-hybridized carbons (Fsp3) is 0.200. The van der Waals surface area contributed by atoms with Crippen molar-refractivity contribution < 1.29 is 14.1 Å². The van der Waals surface area contributed by atoms with Crippen molar-refractivity contribution in [3.63, 3.8) is 0 Å². The second-order valence-corrected chi connectivity index (χ2v) is 7.94. The quantitative estimate of drug-likeness (QED) is 0.271. The Bertz CT molecular complexity index is 1270. The van der Waals surface area contributed by atoms with Gasteiger partial charge in [0.2, 0.25) is 5.16 Å². The van der Waals surface area contributed by atoms with E-state index in [0.717, 1.165) is 11.3 Å². The first-order valence-electron chi connectivity index (χ1n) is 9.26. The maximum absolute atomic E-state index is 12.6. The van der Waals surface area contributed by atoms with E-state index in [4.69, 9.17) is 4.42 Å². The lowest BCUT2D eigenvalue weighted by atomic mass is 9.85. The molecule has 1 aliphatic carbocycles. The third kappa shape index (κ3) is 3.45. The highest BCUT2D eigenvalue weighted by atomic mass is 32.2. The van der Waals surface area contributed by atoms with Crippen LogP contribution >= 0.6 is 11.8 Å². The molecule has 0 N–H and O–H groups in total. The highest BCUT2D eigenvalue weighted by Crippen LogP contribution is 2.32. The molecule has 0 spiro atoms. The van der Waals surface area contributed by atoms with E-state index in [9.17, 15) is 14.9 Å². The van der Waals surface area contributed by atoms with E-state index >= 15 is 0 Å². The zero-order chi connectivity index (χ0) is 20.7. The number of Topliss-reactive ketones (excluding diaryl/α,β-unsaturated/α-hetero) is 1. The first-order valence-corrected chi connectivity index (χ1v) is 10.2. The molecule has 1 aliphatic rings. The van der Waals surface area contributed by atoms with Gasteiger partial charge in [-0.1, -0.05) is 23.9 Å². The number of hydrogen-bond donors (Lipinski definition) is 0. The number of nitro groups is 1. The number of furan rings is 1. The van der Waals surface area contributed by atoms with Gasteiger partial charge in [-0.15, -0.1) is 5.10 Å². The van der Waals surface area contributed by atoms with Gasteiger partial charge in [-0.3, -0.25) is 14.9 Å². The normalized spacial score (nSPS) is 16.0. The van der Waals surface area contributed by atoms with Crippen molar-refractivity contribution in [3.05, 3.63) is 81.6 Å². The highest BCUT2D eigenvalue weighted by molar-refractivity contribution is 7.98. The lowest BCUT2D eigenvalue weighted by Crippen LogP contribution is -2.21. The molecular weight excluding hydrogens is 406 g/mol. The fourth-order valence-electron chi connectivity index (χ4n) is 3.56. The molecule has 3 aromatic heterocycles. The van der Waals surface area contributed by atoms with Gasteiger partial charge < -0.3 is 4.42 Å². The molecule has 0 fully saturated rings. The topological polar surface area (TPSA) is 116 Å². The molecule has 0 aliphatic heterocycles. The van der Waals surface area contributed by atoms with Gasteiger partial charge in [-0.2, -0.15) is 4.98 Å². The largest absolute Gasteiger partial charge is 0.469 e. The monoisotopic (exact) mass is 421 g/mol. The lowest BCUT2D eigenvalue weighted by molar-refractivity contribution is -0.384. The molecule has 5 rings (SSSR count). The minimum Gasteiger partial charge on any atom is -0.469 e. The molecule has 0 saturated heterocycles. The summed E-state index contributed by atoms with van der Waals surface area (Å²) in [5, 5.41) is 15.8. The lowest BCUT2D eigenvalue weighted by Gasteiger charge is -2.20. The SMILES string of the molecule is O=C1C[C@H](c2ccco2)Cc2nc3nc(SCc4cccc([N+](=O)[O-])c4)nn3cc21. The summed E-state index contributed by atoms with van der Waals surface area (Å²) >= 11 is 1.36. The Kier molecular flexibility index (Phi) is 4.55. The molecule has 0 unspecified atom stereocenters. The van der Waals surface area contributed by atoms with Crippen LogP contribution in [0.2, 0.25) is 0 Å². The molecule has 3 heterocycles. The van der Waals surface area contributed by atoms with Crippen LogP contribution in [0.4, 0.5) is 5.69 Å². The molecule has 1 atom stereocenters. The van der Waals surface area contributed by atoms with Gasteiger partial charge in [0.25, 0.3) is 11.5 Å². The predicted molar refractivity (Wildman–Crippen MR) is 108 cm³/mol. The Hall–Kier alpha value is -3.53. The van der Waals surface area contributed by atoms with Gasteiger partial charge in [-0.25, -0.2) is 9.50 Å². The van der Waals surface area contributed by atoms with Crippen molar-refractivity contribution in [3.8, 4) is 0 Å². The van der Waals surface area contributed by atoms with Crippen molar-refractivity contribution in [1.29, 1.82) is 0 Å². The van der Waals surface area contributed by atoms with Crippen molar-refractivity contribution in [2.45, 2.75) is 29.7 Å². The summed E-state index contributed by atoms with van der Waals surface area (Å²) in [6.07, 6.45) is 4.27. The number of rotatable bonds is 5. The number of ketones is 1. The smallest absolute Gasteiger partial charge is 0.269 e. The van der Waals surface area contributed by atoms with Gasteiger partial charge in [0, 0.05) is 42.8 Å². The van der Waals surface area contributed by atoms with Gasteiger partial charge >= 0.3 is 0 Å². The molecular formula is C20H15N5O4S. The van der Waals surface area contributed by atoms with E-state index in [2.05, 4.69) is 15.1 Å². The van der Waals surface area contributed by atoms with Crippen molar-refractivity contribution in [2.75, 3.05) is 0 Å². The van der Waals surface area contributed by atoms with E-state index < -0.39 is 4.92 Å². The van der Waals surface area contributed by atoms with E-state index in [1.807, 2.05) is 18.2 Å². The molecule has 1 aromatic carbocycles. The Labute approximate surface area is 174 Å². The Balaban J connectivity index is 1.38. The molecule has 0 amide bonds. The zero-order valence-electron chi connectivity index (χ0n) is 15.6. The average molecular weight is 421 g/mol. The van der Waals surface area contributed by atoms with Crippen LogP contribution < -0.4 is 0 Å². The van der Waals surface area contributed by atoms with Crippen LogP contribution in [0, 0.1) is 10.1 Å². The van der Waals surface area contributed by atoms with Gasteiger partial charge in [0.05, 0.1) is 22.4 Å². The Morgan fingerprint density at radius 3 is 2.93 bits per heavy atom. The fourth-order valence-corrected chi connectivity index (χ4v) is 4.33. The molecule has 30 heavy (non-hydrogen) atoms. The van der Waals surface area contributed by atoms with E-state index in [1.54, 1.807) is 18.5 Å². The Morgan fingerprint density at radius 2 is 2.13 bits per heavy atom. The van der Waals surface area contributed by atoms with Crippen molar-refractivity contribution in [1.82, 2.24) is 19.6 Å². The standard InChI is InChI=1S/C20H15N5O4S/c26-17-9-13(18-5-2-6-29-18)8-16-15(17)10-24-19(21-16)22-20(23-24)30-11-12-3-1-4-14(7-12)25(27)28/h1-7,10,13H,8-9,11H2/t13-/m1/s1. The number of aromatic nitrogens is 4. The van der Waals surface area contributed by atoms with Gasteiger partial charge in [0.15, 0.2) is 5.78 Å². The van der Waals surface area contributed by atoms with Crippen LogP contribution in [0.1, 0.15) is 39.7 Å². The molecule has 0 bridgehead atoms. The summed E-state index contributed by atoms with van der Waals surface area (Å²) in [4.78, 5) is 32.1. The van der Waals surface area contributed by atoms with Crippen LogP contribution in [0.5, 0.6) is 0 Å². The number of benzene rings is 1. The maximum atomic E-state index is 12.6. The maximum Gasteiger partial charge on any atom is 0.269 e. The third-order valence-electron chi connectivity index (χ3n) is 5.00. The molecule has 0 saturated carbocycles. The number of nitrogens with zero attached hydrogens (tertiary/aromatic N) is 5. The van der Waals surface area contributed by atoms with Crippen LogP contribution in [0.25, 0.3) is 5.78 Å². The average Bonchev–Trinajstić information content (AvgIpc) is 3.40. The van der Waals surface area contributed by atoms with Crippen molar-refractivity contribution in [2.24, 2.45) is 0 Å². The highest BCUT2D eigenvalue weighted by Gasteiger charge is 2.30. The minimum absolute atomic E-state index is 0.00773.